The predicted octanol–water partition coefficient (Wildman–Crippen LogP) is 4.35. The Hall–Kier alpha value is -3.11. The summed E-state index contributed by atoms with van der Waals surface area (Å²) in [6, 6.07) is 7.92. The van der Waals surface area contributed by atoms with Gasteiger partial charge in [-0.05, 0) is 26.0 Å². The molecule has 4 aromatic rings. The summed E-state index contributed by atoms with van der Waals surface area (Å²) >= 11 is 2.75. The summed E-state index contributed by atoms with van der Waals surface area (Å²) in [5.41, 5.74) is 2.74. The van der Waals surface area contributed by atoms with Crippen LogP contribution in [0, 0.1) is 13.8 Å². The van der Waals surface area contributed by atoms with Gasteiger partial charge in [-0.2, -0.15) is 0 Å². The molecule has 0 saturated carbocycles. The van der Waals surface area contributed by atoms with Crippen LogP contribution in [0.5, 0.6) is 0 Å². The molecular weight excluding hydrogens is 384 g/mol. The first-order chi connectivity index (χ1) is 13.0. The van der Waals surface area contributed by atoms with Crippen molar-refractivity contribution >= 4 is 60.8 Å². The van der Waals surface area contributed by atoms with Gasteiger partial charge < -0.3 is 15.7 Å². The fourth-order valence-corrected chi connectivity index (χ4v) is 3.95. The molecule has 8 nitrogen and oxygen atoms in total. The summed E-state index contributed by atoms with van der Waals surface area (Å²) < 4.78 is 1.10. The molecule has 0 unspecified atom stereocenters. The molecule has 1 aromatic carbocycles. The molecule has 0 bridgehead atoms. The Kier molecular flexibility index (Phi) is 4.42. The minimum absolute atomic E-state index is 0.000966. The van der Waals surface area contributed by atoms with Crippen molar-refractivity contribution in [2.24, 2.45) is 0 Å². The normalized spacial score (nSPS) is 10.9. The molecule has 0 aliphatic rings. The molecule has 0 saturated heterocycles. The monoisotopic (exact) mass is 398 g/mol. The number of hydrogen-bond donors (Lipinski definition) is 3. The first kappa shape index (κ1) is 17.3. The van der Waals surface area contributed by atoms with Crippen LogP contribution in [0.15, 0.2) is 29.6 Å². The van der Waals surface area contributed by atoms with Crippen molar-refractivity contribution < 1.29 is 9.90 Å². The zero-order chi connectivity index (χ0) is 19.0. The largest absolute Gasteiger partial charge is 0.476 e. The Morgan fingerprint density at radius 2 is 1.67 bits per heavy atom. The smallest absolute Gasteiger partial charge is 0.355 e. The first-order valence-corrected chi connectivity index (χ1v) is 9.63. The lowest BCUT2D eigenvalue weighted by atomic mass is 10.2. The third kappa shape index (κ3) is 3.44. The number of rotatable bonds is 5. The van der Waals surface area contributed by atoms with Crippen LogP contribution in [0.2, 0.25) is 0 Å². The molecule has 0 aliphatic carbocycles. The van der Waals surface area contributed by atoms with Gasteiger partial charge in [-0.1, -0.05) is 23.5 Å². The fraction of sp³-hybridized carbons (Fsp3) is 0.118. The van der Waals surface area contributed by atoms with E-state index < -0.39 is 5.97 Å². The van der Waals surface area contributed by atoms with E-state index in [1.807, 2.05) is 38.1 Å². The minimum Gasteiger partial charge on any atom is -0.476 e. The van der Waals surface area contributed by atoms with E-state index in [1.165, 1.54) is 16.7 Å². The SMILES string of the molecule is Cc1c(Nc2nc(C(=O)O)cs2)nnc(Nc2nc3ccccc3s2)c1C. The molecule has 3 N–H and O–H groups in total. The van der Waals surface area contributed by atoms with E-state index in [-0.39, 0.29) is 5.69 Å². The fourth-order valence-electron chi connectivity index (χ4n) is 2.40. The van der Waals surface area contributed by atoms with Crippen LogP contribution >= 0.6 is 22.7 Å². The third-order valence-corrected chi connectivity index (χ3v) is 5.70. The Morgan fingerprint density at radius 1 is 1.00 bits per heavy atom. The van der Waals surface area contributed by atoms with E-state index in [0.29, 0.717) is 16.8 Å². The van der Waals surface area contributed by atoms with Crippen molar-refractivity contribution in [3.05, 3.63) is 46.5 Å². The summed E-state index contributed by atoms with van der Waals surface area (Å²) in [6.07, 6.45) is 0. The van der Waals surface area contributed by atoms with E-state index in [1.54, 1.807) is 11.3 Å². The number of benzene rings is 1. The van der Waals surface area contributed by atoms with Crippen LogP contribution in [0.25, 0.3) is 10.2 Å². The molecule has 4 rings (SSSR count). The third-order valence-electron chi connectivity index (χ3n) is 3.99. The van der Waals surface area contributed by atoms with E-state index >= 15 is 0 Å². The van der Waals surface area contributed by atoms with Gasteiger partial charge in [0, 0.05) is 16.5 Å². The van der Waals surface area contributed by atoms with Crippen molar-refractivity contribution in [3.8, 4) is 0 Å². The number of carboxylic acid groups (broad SMARTS) is 1. The highest BCUT2D eigenvalue weighted by Gasteiger charge is 2.14. The number of para-hydroxylation sites is 1. The van der Waals surface area contributed by atoms with Gasteiger partial charge in [0.1, 0.15) is 0 Å². The van der Waals surface area contributed by atoms with Gasteiger partial charge in [-0.15, -0.1) is 21.5 Å². The highest BCUT2D eigenvalue weighted by Crippen LogP contribution is 2.30. The predicted molar refractivity (Wildman–Crippen MR) is 107 cm³/mol. The Morgan fingerprint density at radius 3 is 2.30 bits per heavy atom. The molecule has 3 aromatic heterocycles. The van der Waals surface area contributed by atoms with Crippen molar-refractivity contribution in [1.82, 2.24) is 20.2 Å². The van der Waals surface area contributed by atoms with Gasteiger partial charge in [0.15, 0.2) is 27.6 Å². The number of nitrogens with one attached hydrogen (secondary N) is 2. The van der Waals surface area contributed by atoms with Crippen LogP contribution in [-0.2, 0) is 0 Å². The second-order valence-corrected chi connectivity index (χ2v) is 7.62. The van der Waals surface area contributed by atoms with Crippen LogP contribution < -0.4 is 10.6 Å². The number of anilines is 4. The van der Waals surface area contributed by atoms with Crippen LogP contribution in [0.4, 0.5) is 21.9 Å². The molecule has 0 aliphatic heterocycles. The maximum Gasteiger partial charge on any atom is 0.355 e. The number of aromatic carboxylic acids is 1. The van der Waals surface area contributed by atoms with E-state index in [4.69, 9.17) is 5.11 Å². The lowest BCUT2D eigenvalue weighted by Crippen LogP contribution is -2.05. The van der Waals surface area contributed by atoms with Crippen LogP contribution in [-0.4, -0.2) is 31.2 Å². The quantitative estimate of drug-likeness (QED) is 0.455. The first-order valence-electron chi connectivity index (χ1n) is 7.93. The topological polar surface area (TPSA) is 113 Å². The average molecular weight is 398 g/mol. The molecule has 0 amide bonds. The molecule has 0 atom stereocenters. The molecule has 0 radical (unpaired) electrons. The lowest BCUT2D eigenvalue weighted by molar-refractivity contribution is 0.0691. The van der Waals surface area contributed by atoms with Crippen molar-refractivity contribution in [2.45, 2.75) is 13.8 Å². The average Bonchev–Trinajstić information content (AvgIpc) is 3.27. The Balaban J connectivity index is 1.58. The summed E-state index contributed by atoms with van der Waals surface area (Å²) in [6.45, 7) is 3.86. The second kappa shape index (κ2) is 6.89. The molecule has 3 heterocycles. The van der Waals surface area contributed by atoms with Gasteiger partial charge in [0.25, 0.3) is 0 Å². The van der Waals surface area contributed by atoms with Crippen molar-refractivity contribution in [3.63, 3.8) is 0 Å². The van der Waals surface area contributed by atoms with Gasteiger partial charge in [-0.3, -0.25) is 0 Å². The molecule has 27 heavy (non-hydrogen) atoms. The number of carboxylic acids is 1. The van der Waals surface area contributed by atoms with E-state index in [9.17, 15) is 4.79 Å². The lowest BCUT2D eigenvalue weighted by Gasteiger charge is -2.11. The van der Waals surface area contributed by atoms with Gasteiger partial charge in [0.05, 0.1) is 10.2 Å². The number of hydrogen-bond acceptors (Lipinski definition) is 9. The zero-order valence-electron chi connectivity index (χ0n) is 14.3. The number of thiazole rings is 2. The summed E-state index contributed by atoms with van der Waals surface area (Å²) in [5.74, 6) is 0.102. The number of fused-ring (bicyclic) bond motifs is 1. The summed E-state index contributed by atoms with van der Waals surface area (Å²) in [7, 11) is 0. The minimum atomic E-state index is -1.06. The summed E-state index contributed by atoms with van der Waals surface area (Å²) in [5, 5.41) is 26.4. The number of aromatic nitrogens is 4. The molecule has 136 valence electrons. The van der Waals surface area contributed by atoms with Gasteiger partial charge in [0.2, 0.25) is 0 Å². The molecular formula is C17H14N6O2S2. The van der Waals surface area contributed by atoms with Crippen LogP contribution in [0.3, 0.4) is 0 Å². The van der Waals surface area contributed by atoms with Crippen molar-refractivity contribution in [1.29, 1.82) is 0 Å². The van der Waals surface area contributed by atoms with Crippen LogP contribution in [0.1, 0.15) is 21.6 Å². The zero-order valence-corrected chi connectivity index (χ0v) is 16.0. The molecule has 0 fully saturated rings. The van der Waals surface area contributed by atoms with Gasteiger partial charge >= 0.3 is 5.97 Å². The summed E-state index contributed by atoms with van der Waals surface area (Å²) in [4.78, 5) is 19.5. The number of nitrogens with zero attached hydrogens (tertiary/aromatic N) is 4. The maximum absolute atomic E-state index is 10.9. The van der Waals surface area contributed by atoms with Gasteiger partial charge in [-0.25, -0.2) is 14.8 Å². The highest BCUT2D eigenvalue weighted by atomic mass is 32.1. The Labute approximate surface area is 162 Å². The maximum atomic E-state index is 10.9. The molecule has 0 spiro atoms. The highest BCUT2D eigenvalue weighted by molar-refractivity contribution is 7.22. The standard InChI is InChI=1S/C17H14N6O2S2/c1-8-9(2)14(21-17-18-10-5-3-4-6-12(10)27-17)23-22-13(8)20-16-19-11(7-26-16)15(24)25/h3-7H,1-2H3,(H,24,25)(H,18,21,23)(H,19,20,22). The van der Waals surface area contributed by atoms with Crippen molar-refractivity contribution in [2.75, 3.05) is 10.6 Å². The molecule has 10 heteroatoms. The van der Waals surface area contributed by atoms with E-state index in [2.05, 4.69) is 30.8 Å². The van der Waals surface area contributed by atoms with E-state index in [0.717, 1.165) is 26.5 Å². The Bertz CT molecular complexity index is 1120. The second-order valence-electron chi connectivity index (χ2n) is 5.73. The number of carbonyl (C=O) groups is 1.